The highest BCUT2D eigenvalue weighted by atomic mass is 32.2. The molecule has 0 saturated heterocycles. The van der Waals surface area contributed by atoms with E-state index in [4.69, 9.17) is 14.2 Å². The lowest BCUT2D eigenvalue weighted by molar-refractivity contribution is 0.0406. The van der Waals surface area contributed by atoms with Crippen LogP contribution in [0.2, 0.25) is 0 Å². The van der Waals surface area contributed by atoms with E-state index in [1.165, 1.54) is 0 Å². The minimum atomic E-state index is 0.276. The second-order valence-corrected chi connectivity index (χ2v) is 6.15. The number of rotatable bonds is 13. The summed E-state index contributed by atoms with van der Waals surface area (Å²) < 4.78 is 27.9. The van der Waals surface area contributed by atoms with Gasteiger partial charge in [-0.2, -0.15) is 3.89 Å². The molecule has 2 rings (SSSR count). The van der Waals surface area contributed by atoms with Crippen molar-refractivity contribution in [3.63, 3.8) is 0 Å². The minimum absolute atomic E-state index is 0.276. The van der Waals surface area contributed by atoms with Crippen molar-refractivity contribution >= 4 is 30.0 Å². The highest BCUT2D eigenvalue weighted by Crippen LogP contribution is 2.13. The quantitative estimate of drug-likeness (QED) is 0.512. The molecule has 0 aliphatic rings. The topological polar surface area (TPSA) is 52.6 Å². The van der Waals surface area contributed by atoms with Gasteiger partial charge in [-0.05, 0) is 29.3 Å². The highest BCUT2D eigenvalue weighted by molar-refractivity contribution is 7.94. The number of nitrogens with zero attached hydrogens (tertiary/aromatic N) is 1. The molecule has 0 saturated carbocycles. The van der Waals surface area contributed by atoms with Crippen LogP contribution < -0.4 is 10.1 Å². The van der Waals surface area contributed by atoms with Crippen LogP contribution in [0.4, 0.5) is 9.57 Å². The highest BCUT2D eigenvalue weighted by Gasteiger charge is 1.97. The maximum absolute atomic E-state index is 11.8. The van der Waals surface area contributed by atoms with Crippen molar-refractivity contribution in [1.29, 1.82) is 0 Å². The van der Waals surface area contributed by atoms with Crippen molar-refractivity contribution in [3.8, 4) is 5.88 Å². The summed E-state index contributed by atoms with van der Waals surface area (Å²) >= 11 is 0.276. The molecule has 0 radical (unpaired) electrons. The molecule has 1 aromatic carbocycles. The summed E-state index contributed by atoms with van der Waals surface area (Å²) in [5.74, 6) is 0.910. The molecule has 0 amide bonds. The monoisotopic (exact) mass is 392 g/mol. The van der Waals surface area contributed by atoms with E-state index in [-0.39, 0.29) is 12.1 Å². The van der Waals surface area contributed by atoms with E-state index in [0.717, 1.165) is 16.8 Å². The summed E-state index contributed by atoms with van der Waals surface area (Å²) in [5, 5.41) is 3.10. The first-order valence-corrected chi connectivity index (χ1v) is 9.64. The van der Waals surface area contributed by atoms with Crippen molar-refractivity contribution in [3.05, 3.63) is 53.7 Å². The molecule has 1 N–H and O–H groups in total. The molecular formula is C20H25FN2O3S. The minimum Gasteiger partial charge on any atom is -0.475 e. The summed E-state index contributed by atoms with van der Waals surface area (Å²) in [6, 6.07) is 12.0. The smallest absolute Gasteiger partial charge is 0.213 e. The van der Waals surface area contributed by atoms with Crippen LogP contribution in [0.25, 0.3) is 12.2 Å². The molecule has 0 atom stereocenters. The van der Waals surface area contributed by atoms with Crippen LogP contribution in [0.15, 0.2) is 42.6 Å². The van der Waals surface area contributed by atoms with E-state index >= 15 is 0 Å². The fourth-order valence-electron chi connectivity index (χ4n) is 2.15. The Bertz CT molecular complexity index is 666. The van der Waals surface area contributed by atoms with Gasteiger partial charge in [-0.25, -0.2) is 4.98 Å². The van der Waals surface area contributed by atoms with Crippen LogP contribution in [0.1, 0.15) is 11.1 Å². The number of benzene rings is 1. The zero-order valence-corrected chi connectivity index (χ0v) is 16.2. The fraction of sp³-hybridized carbons (Fsp3) is 0.350. The molecule has 1 aromatic heterocycles. The first-order valence-electron chi connectivity index (χ1n) is 8.75. The molecule has 2 aromatic rings. The van der Waals surface area contributed by atoms with E-state index in [2.05, 4.69) is 22.4 Å². The zero-order valence-electron chi connectivity index (χ0n) is 15.4. The SMILES string of the molecule is CNc1ccc(/C=C/c2ccc(OCCOCCOCCSF)nc2)cc1. The number of anilines is 1. The summed E-state index contributed by atoms with van der Waals surface area (Å²) in [7, 11) is 1.90. The number of hydrogen-bond donors (Lipinski definition) is 1. The van der Waals surface area contributed by atoms with Crippen molar-refractivity contribution < 1.29 is 18.1 Å². The lowest BCUT2D eigenvalue weighted by Crippen LogP contribution is -2.11. The maximum atomic E-state index is 11.8. The van der Waals surface area contributed by atoms with E-state index in [1.807, 2.05) is 43.5 Å². The van der Waals surface area contributed by atoms with Gasteiger partial charge in [0, 0.05) is 42.9 Å². The first-order chi connectivity index (χ1) is 13.3. The Morgan fingerprint density at radius 1 is 0.926 bits per heavy atom. The van der Waals surface area contributed by atoms with E-state index < -0.39 is 0 Å². The van der Waals surface area contributed by atoms with Gasteiger partial charge in [0.05, 0.1) is 26.4 Å². The van der Waals surface area contributed by atoms with Gasteiger partial charge in [0.2, 0.25) is 5.88 Å². The Hall–Kier alpha value is -2.09. The Morgan fingerprint density at radius 3 is 2.26 bits per heavy atom. The van der Waals surface area contributed by atoms with Gasteiger partial charge in [0.25, 0.3) is 0 Å². The number of ether oxygens (including phenoxy) is 3. The molecule has 0 fully saturated rings. The molecule has 0 bridgehead atoms. The molecular weight excluding hydrogens is 367 g/mol. The molecule has 0 aliphatic heterocycles. The fourth-order valence-corrected chi connectivity index (χ4v) is 2.33. The van der Waals surface area contributed by atoms with Crippen LogP contribution in [0.5, 0.6) is 5.88 Å². The maximum Gasteiger partial charge on any atom is 0.213 e. The van der Waals surface area contributed by atoms with Crippen molar-refractivity contribution in [1.82, 2.24) is 4.98 Å². The first kappa shape index (κ1) is 21.2. The molecule has 0 spiro atoms. The number of aromatic nitrogens is 1. The third kappa shape index (κ3) is 8.90. The Labute approximate surface area is 164 Å². The lowest BCUT2D eigenvalue weighted by atomic mass is 10.1. The number of pyridine rings is 1. The van der Waals surface area contributed by atoms with Gasteiger partial charge in [-0.3, -0.25) is 0 Å². The van der Waals surface area contributed by atoms with Crippen LogP contribution in [0.3, 0.4) is 0 Å². The van der Waals surface area contributed by atoms with Gasteiger partial charge in [0.15, 0.2) is 0 Å². The predicted octanol–water partition coefficient (Wildman–Crippen LogP) is 4.32. The molecule has 7 heteroatoms. The normalized spacial score (nSPS) is 11.0. The van der Waals surface area contributed by atoms with Crippen LogP contribution in [-0.2, 0) is 9.47 Å². The largest absolute Gasteiger partial charge is 0.475 e. The van der Waals surface area contributed by atoms with E-state index in [9.17, 15) is 3.89 Å². The Kier molecular flexibility index (Phi) is 10.3. The van der Waals surface area contributed by atoms with Gasteiger partial charge in [-0.15, -0.1) is 0 Å². The molecule has 1 heterocycles. The van der Waals surface area contributed by atoms with Gasteiger partial charge in [0.1, 0.15) is 6.61 Å². The van der Waals surface area contributed by atoms with Crippen molar-refractivity contribution in [2.45, 2.75) is 0 Å². The standard InChI is InChI=1S/C20H25FN2O3S/c1-22-19-7-4-17(5-8-19)2-3-18-6-9-20(23-16-18)26-13-12-24-10-11-25-14-15-27-21/h2-9,16,22H,10-15H2,1H3/b3-2+. The third-order valence-electron chi connectivity index (χ3n) is 3.58. The molecule has 0 aliphatic carbocycles. The van der Waals surface area contributed by atoms with Crippen LogP contribution in [-0.4, -0.2) is 50.8 Å². The molecule has 5 nitrogen and oxygen atoms in total. The third-order valence-corrected chi connectivity index (χ3v) is 3.90. The summed E-state index contributed by atoms with van der Waals surface area (Å²) in [6.07, 6.45) is 5.82. The second-order valence-electron chi connectivity index (χ2n) is 5.52. The van der Waals surface area contributed by atoms with E-state index in [0.29, 0.717) is 44.7 Å². The Balaban J connectivity index is 1.63. The average molecular weight is 392 g/mol. The zero-order chi connectivity index (χ0) is 19.2. The summed E-state index contributed by atoms with van der Waals surface area (Å²) in [4.78, 5) is 4.28. The molecule has 146 valence electrons. The van der Waals surface area contributed by atoms with E-state index in [1.54, 1.807) is 6.20 Å². The van der Waals surface area contributed by atoms with Crippen molar-refractivity contribution in [2.75, 3.05) is 51.2 Å². The van der Waals surface area contributed by atoms with Gasteiger partial charge in [-0.1, -0.05) is 24.3 Å². The number of nitrogens with one attached hydrogen (secondary N) is 1. The van der Waals surface area contributed by atoms with Crippen LogP contribution >= 0.6 is 12.1 Å². The van der Waals surface area contributed by atoms with Crippen LogP contribution in [0, 0.1) is 0 Å². The van der Waals surface area contributed by atoms with Gasteiger partial charge >= 0.3 is 0 Å². The predicted molar refractivity (Wildman–Crippen MR) is 110 cm³/mol. The number of hydrogen-bond acceptors (Lipinski definition) is 6. The van der Waals surface area contributed by atoms with Gasteiger partial charge < -0.3 is 19.5 Å². The molecule has 27 heavy (non-hydrogen) atoms. The number of halogens is 1. The molecule has 0 unspecified atom stereocenters. The second kappa shape index (κ2) is 13.1. The average Bonchev–Trinajstić information content (AvgIpc) is 2.72. The van der Waals surface area contributed by atoms with Crippen molar-refractivity contribution in [2.24, 2.45) is 0 Å². The Morgan fingerprint density at radius 2 is 1.59 bits per heavy atom. The summed E-state index contributed by atoms with van der Waals surface area (Å²) in [5.41, 5.74) is 3.21. The summed E-state index contributed by atoms with van der Waals surface area (Å²) in [6.45, 7) is 2.19. The lowest BCUT2D eigenvalue weighted by Gasteiger charge is -2.07.